The fraction of sp³-hybridized carbons (Fsp3) is 0.533. The second-order valence-corrected chi connectivity index (χ2v) is 5.51. The molecule has 0 saturated heterocycles. The van der Waals surface area contributed by atoms with Gasteiger partial charge in [0.1, 0.15) is 0 Å². The molecule has 3 heteroatoms. The summed E-state index contributed by atoms with van der Waals surface area (Å²) < 4.78 is 0. The molecule has 2 unspecified atom stereocenters. The van der Waals surface area contributed by atoms with E-state index in [-0.39, 0.29) is 6.42 Å². The molecule has 0 aliphatic carbocycles. The molecule has 0 aromatic heterocycles. The normalized spacial score (nSPS) is 16.3. The molecule has 0 radical (unpaired) electrons. The van der Waals surface area contributed by atoms with Gasteiger partial charge in [-0.05, 0) is 31.2 Å². The first kappa shape index (κ1) is 14.7. The third-order valence-corrected chi connectivity index (χ3v) is 3.14. The summed E-state index contributed by atoms with van der Waals surface area (Å²) in [6.45, 7) is 5.67. The summed E-state index contributed by atoms with van der Waals surface area (Å²) in [6.07, 6.45) is 0.822. The van der Waals surface area contributed by atoms with E-state index in [0.717, 1.165) is 5.56 Å². The Balaban J connectivity index is 2.82. The van der Waals surface area contributed by atoms with Crippen LogP contribution in [-0.4, -0.2) is 16.2 Å². The molecule has 0 aliphatic heterocycles. The number of carbonyl (C=O) groups is 1. The van der Waals surface area contributed by atoms with Crippen LogP contribution in [0.3, 0.4) is 0 Å². The maximum Gasteiger partial charge on any atom is 0.306 e. The first-order chi connectivity index (χ1) is 8.33. The van der Waals surface area contributed by atoms with Crippen LogP contribution in [0.4, 0.5) is 0 Å². The molecule has 1 rings (SSSR count). The van der Waals surface area contributed by atoms with Crippen molar-refractivity contribution < 1.29 is 15.0 Å². The van der Waals surface area contributed by atoms with Gasteiger partial charge >= 0.3 is 5.97 Å². The lowest BCUT2D eigenvalue weighted by atomic mass is 9.82. The zero-order valence-corrected chi connectivity index (χ0v) is 11.3. The largest absolute Gasteiger partial charge is 0.481 e. The van der Waals surface area contributed by atoms with Crippen LogP contribution in [0, 0.1) is 11.8 Å². The minimum absolute atomic E-state index is 0.241. The highest BCUT2D eigenvalue weighted by Gasteiger charge is 2.31. The Hall–Kier alpha value is -1.35. The molecule has 1 aromatic rings. The quantitative estimate of drug-likeness (QED) is 0.816. The van der Waals surface area contributed by atoms with Crippen molar-refractivity contribution in [1.82, 2.24) is 0 Å². The molecule has 0 fully saturated rings. The molecule has 2 atom stereocenters. The van der Waals surface area contributed by atoms with E-state index in [1.807, 2.05) is 44.2 Å². The number of carboxylic acids is 1. The van der Waals surface area contributed by atoms with Crippen molar-refractivity contribution in [1.29, 1.82) is 0 Å². The predicted octanol–water partition coefficient (Wildman–Crippen LogP) is 3.03. The van der Waals surface area contributed by atoms with Gasteiger partial charge in [-0.25, -0.2) is 0 Å². The third-order valence-electron chi connectivity index (χ3n) is 3.14. The standard InChI is InChI=1S/C15H22O3/c1-11(2)9-12(14(16)17)10-15(3,18)13-7-5-4-6-8-13/h4-8,11-12,18H,9-10H2,1-3H3,(H,16,17). The number of aliphatic carboxylic acids is 1. The Kier molecular flexibility index (Phi) is 4.91. The van der Waals surface area contributed by atoms with Crippen molar-refractivity contribution in [2.45, 2.75) is 39.2 Å². The number of carboxylic acid groups (broad SMARTS) is 1. The molecule has 0 bridgehead atoms. The van der Waals surface area contributed by atoms with Crippen LogP contribution in [0.2, 0.25) is 0 Å². The third kappa shape index (κ3) is 4.15. The van der Waals surface area contributed by atoms with Gasteiger partial charge in [-0.1, -0.05) is 44.2 Å². The van der Waals surface area contributed by atoms with Crippen molar-refractivity contribution >= 4 is 5.97 Å². The van der Waals surface area contributed by atoms with Crippen molar-refractivity contribution in [3.63, 3.8) is 0 Å². The molecule has 2 N–H and O–H groups in total. The lowest BCUT2D eigenvalue weighted by Crippen LogP contribution is -2.29. The van der Waals surface area contributed by atoms with E-state index in [1.165, 1.54) is 0 Å². The Morgan fingerprint density at radius 3 is 2.28 bits per heavy atom. The van der Waals surface area contributed by atoms with Crippen molar-refractivity contribution in [3.05, 3.63) is 35.9 Å². The molecule has 18 heavy (non-hydrogen) atoms. The molecule has 0 spiro atoms. The van der Waals surface area contributed by atoms with E-state index < -0.39 is 17.5 Å². The van der Waals surface area contributed by atoms with Gasteiger partial charge in [0.2, 0.25) is 0 Å². The maximum absolute atomic E-state index is 11.2. The van der Waals surface area contributed by atoms with Crippen LogP contribution in [0.25, 0.3) is 0 Å². The van der Waals surface area contributed by atoms with Gasteiger partial charge in [0.15, 0.2) is 0 Å². The van der Waals surface area contributed by atoms with Gasteiger partial charge in [0, 0.05) is 0 Å². The minimum atomic E-state index is -1.10. The molecular weight excluding hydrogens is 228 g/mol. The molecule has 100 valence electrons. The highest BCUT2D eigenvalue weighted by molar-refractivity contribution is 5.70. The topological polar surface area (TPSA) is 57.5 Å². The average Bonchev–Trinajstić information content (AvgIpc) is 2.28. The predicted molar refractivity (Wildman–Crippen MR) is 71.2 cm³/mol. The minimum Gasteiger partial charge on any atom is -0.481 e. The van der Waals surface area contributed by atoms with Gasteiger partial charge in [0.05, 0.1) is 11.5 Å². The highest BCUT2D eigenvalue weighted by atomic mass is 16.4. The van der Waals surface area contributed by atoms with Crippen LogP contribution in [0.15, 0.2) is 30.3 Å². The Labute approximate surface area is 108 Å². The molecule has 1 aromatic carbocycles. The Bertz CT molecular complexity index is 382. The summed E-state index contributed by atoms with van der Waals surface area (Å²) >= 11 is 0. The first-order valence-corrected chi connectivity index (χ1v) is 6.33. The van der Waals surface area contributed by atoms with E-state index in [0.29, 0.717) is 12.3 Å². The second kappa shape index (κ2) is 6.01. The number of hydrogen-bond acceptors (Lipinski definition) is 2. The fourth-order valence-corrected chi connectivity index (χ4v) is 2.24. The van der Waals surface area contributed by atoms with Gasteiger partial charge in [0.25, 0.3) is 0 Å². The van der Waals surface area contributed by atoms with Crippen LogP contribution < -0.4 is 0 Å². The Morgan fingerprint density at radius 2 is 1.83 bits per heavy atom. The molecule has 3 nitrogen and oxygen atoms in total. The second-order valence-electron chi connectivity index (χ2n) is 5.51. The SMILES string of the molecule is CC(C)CC(CC(C)(O)c1ccccc1)C(=O)O. The van der Waals surface area contributed by atoms with Gasteiger partial charge in [-0.3, -0.25) is 4.79 Å². The summed E-state index contributed by atoms with van der Waals surface area (Å²) in [4.78, 5) is 11.2. The summed E-state index contributed by atoms with van der Waals surface area (Å²) in [7, 11) is 0. The summed E-state index contributed by atoms with van der Waals surface area (Å²) in [5.41, 5.74) is -0.334. The van der Waals surface area contributed by atoms with E-state index in [4.69, 9.17) is 0 Å². The molecule has 0 amide bonds. The fourth-order valence-electron chi connectivity index (χ4n) is 2.24. The zero-order chi connectivity index (χ0) is 13.8. The van der Waals surface area contributed by atoms with Gasteiger partial charge < -0.3 is 10.2 Å². The number of hydrogen-bond donors (Lipinski definition) is 2. The first-order valence-electron chi connectivity index (χ1n) is 6.33. The van der Waals surface area contributed by atoms with Crippen LogP contribution >= 0.6 is 0 Å². The number of rotatable bonds is 6. The summed E-state index contributed by atoms with van der Waals surface area (Å²) in [5.74, 6) is -1.04. The van der Waals surface area contributed by atoms with Gasteiger partial charge in [-0.2, -0.15) is 0 Å². The van der Waals surface area contributed by atoms with Crippen LogP contribution in [-0.2, 0) is 10.4 Å². The molecule has 0 heterocycles. The smallest absolute Gasteiger partial charge is 0.306 e. The number of aliphatic hydroxyl groups is 1. The average molecular weight is 250 g/mol. The summed E-state index contributed by atoms with van der Waals surface area (Å²) in [5, 5.41) is 19.7. The van der Waals surface area contributed by atoms with Crippen molar-refractivity contribution in [2.24, 2.45) is 11.8 Å². The Morgan fingerprint density at radius 1 is 1.28 bits per heavy atom. The van der Waals surface area contributed by atoms with Crippen LogP contribution in [0.5, 0.6) is 0 Å². The lowest BCUT2D eigenvalue weighted by molar-refractivity contribution is -0.145. The van der Waals surface area contributed by atoms with E-state index >= 15 is 0 Å². The van der Waals surface area contributed by atoms with Gasteiger partial charge in [-0.15, -0.1) is 0 Å². The zero-order valence-electron chi connectivity index (χ0n) is 11.3. The van der Waals surface area contributed by atoms with E-state index in [1.54, 1.807) is 6.92 Å². The van der Waals surface area contributed by atoms with Crippen LogP contribution in [0.1, 0.15) is 39.2 Å². The molecular formula is C15H22O3. The van der Waals surface area contributed by atoms with E-state index in [9.17, 15) is 15.0 Å². The van der Waals surface area contributed by atoms with Crippen molar-refractivity contribution in [2.75, 3.05) is 0 Å². The summed E-state index contributed by atoms with van der Waals surface area (Å²) in [6, 6.07) is 9.23. The number of benzene rings is 1. The maximum atomic E-state index is 11.2. The molecule has 0 aliphatic rings. The van der Waals surface area contributed by atoms with E-state index in [2.05, 4.69) is 0 Å². The lowest BCUT2D eigenvalue weighted by Gasteiger charge is -2.28. The monoisotopic (exact) mass is 250 g/mol. The molecule has 0 saturated carbocycles. The highest BCUT2D eigenvalue weighted by Crippen LogP contribution is 2.30. The van der Waals surface area contributed by atoms with Crippen molar-refractivity contribution in [3.8, 4) is 0 Å².